The van der Waals surface area contributed by atoms with E-state index in [2.05, 4.69) is 4.98 Å². The van der Waals surface area contributed by atoms with Gasteiger partial charge in [0.05, 0.1) is 5.56 Å². The van der Waals surface area contributed by atoms with Crippen LogP contribution < -0.4 is 5.73 Å². The minimum atomic E-state index is -0.312. The highest BCUT2D eigenvalue weighted by molar-refractivity contribution is 5.62. The molecule has 0 fully saturated rings. The Hall–Kier alpha value is -1.84. The van der Waals surface area contributed by atoms with Gasteiger partial charge in [-0.2, -0.15) is 0 Å². The number of aromatic nitrogens is 2. The molecule has 0 radical (unpaired) electrons. The van der Waals surface area contributed by atoms with Gasteiger partial charge < -0.3 is 10.3 Å². The lowest BCUT2D eigenvalue weighted by molar-refractivity contribution is 0.629. The van der Waals surface area contributed by atoms with Crippen molar-refractivity contribution >= 4 is 5.69 Å². The summed E-state index contributed by atoms with van der Waals surface area (Å²) in [6, 6.07) is 4.46. The number of halogens is 1. The Bertz CT molecular complexity index is 462. The highest BCUT2D eigenvalue weighted by atomic mass is 19.1. The summed E-state index contributed by atoms with van der Waals surface area (Å²) >= 11 is 0. The van der Waals surface area contributed by atoms with Gasteiger partial charge in [0.1, 0.15) is 11.6 Å². The van der Waals surface area contributed by atoms with Crippen LogP contribution in [0.4, 0.5) is 10.1 Å². The zero-order chi connectivity index (χ0) is 10.1. The molecule has 1 heterocycles. The average Bonchev–Trinajstić information content (AvgIpc) is 2.56. The molecule has 3 nitrogen and oxygen atoms in total. The molecule has 72 valence electrons. The third-order valence-corrected chi connectivity index (χ3v) is 2.05. The maximum Gasteiger partial charge on any atom is 0.142 e. The molecule has 0 aliphatic heterocycles. The fourth-order valence-corrected chi connectivity index (χ4v) is 1.34. The fraction of sp³-hybridized carbons (Fsp3) is 0.100. The normalized spacial score (nSPS) is 10.4. The molecule has 2 N–H and O–H groups in total. The summed E-state index contributed by atoms with van der Waals surface area (Å²) in [7, 11) is 1.81. The molecule has 14 heavy (non-hydrogen) atoms. The molecule has 0 spiro atoms. The summed E-state index contributed by atoms with van der Waals surface area (Å²) in [5.41, 5.74) is 6.54. The second-order valence-electron chi connectivity index (χ2n) is 3.10. The number of benzene rings is 1. The molecule has 1 aromatic heterocycles. The summed E-state index contributed by atoms with van der Waals surface area (Å²) < 4.78 is 15.2. The molecule has 0 aliphatic carbocycles. The minimum Gasteiger partial charge on any atom is -0.399 e. The molecule has 0 amide bonds. The standard InChI is InChI=1S/C10H10FN3/c1-14-5-4-13-10(14)8-6-7(12)2-3-9(8)11/h2-6H,12H2,1H3. The van der Waals surface area contributed by atoms with E-state index in [1.807, 2.05) is 7.05 Å². The predicted molar refractivity (Wildman–Crippen MR) is 53.0 cm³/mol. The number of nitrogens with two attached hydrogens (primary N) is 1. The zero-order valence-electron chi connectivity index (χ0n) is 7.74. The number of aryl methyl sites for hydroxylation is 1. The number of hydrogen-bond donors (Lipinski definition) is 1. The molecule has 0 unspecified atom stereocenters. The van der Waals surface area contributed by atoms with Gasteiger partial charge >= 0.3 is 0 Å². The van der Waals surface area contributed by atoms with E-state index in [-0.39, 0.29) is 5.82 Å². The van der Waals surface area contributed by atoms with E-state index in [4.69, 9.17) is 5.73 Å². The van der Waals surface area contributed by atoms with Crippen molar-refractivity contribution in [2.24, 2.45) is 7.05 Å². The highest BCUT2D eigenvalue weighted by Gasteiger charge is 2.09. The Kier molecular flexibility index (Phi) is 1.96. The zero-order valence-corrected chi connectivity index (χ0v) is 7.74. The first-order chi connectivity index (χ1) is 6.68. The number of anilines is 1. The van der Waals surface area contributed by atoms with E-state index in [1.54, 1.807) is 23.0 Å². The summed E-state index contributed by atoms with van der Waals surface area (Å²) in [6.07, 6.45) is 3.38. The molecule has 0 bridgehead atoms. The number of nitrogen functional groups attached to an aromatic ring is 1. The predicted octanol–water partition coefficient (Wildman–Crippen LogP) is 1.81. The van der Waals surface area contributed by atoms with Crippen LogP contribution in [0.5, 0.6) is 0 Å². The molecule has 0 saturated heterocycles. The highest BCUT2D eigenvalue weighted by Crippen LogP contribution is 2.22. The van der Waals surface area contributed by atoms with Crippen molar-refractivity contribution < 1.29 is 4.39 Å². The number of nitrogens with zero attached hydrogens (tertiary/aromatic N) is 2. The largest absolute Gasteiger partial charge is 0.399 e. The lowest BCUT2D eigenvalue weighted by Crippen LogP contribution is -1.95. The van der Waals surface area contributed by atoms with Gasteiger partial charge in [0.15, 0.2) is 0 Å². The van der Waals surface area contributed by atoms with Crippen LogP contribution in [0.1, 0.15) is 0 Å². The third-order valence-electron chi connectivity index (χ3n) is 2.05. The van der Waals surface area contributed by atoms with E-state index < -0.39 is 0 Å². The van der Waals surface area contributed by atoms with E-state index in [0.717, 1.165) is 0 Å². The minimum absolute atomic E-state index is 0.312. The molecule has 4 heteroatoms. The van der Waals surface area contributed by atoms with Gasteiger partial charge in [-0.15, -0.1) is 0 Å². The Morgan fingerprint density at radius 3 is 2.86 bits per heavy atom. The lowest BCUT2D eigenvalue weighted by Gasteiger charge is -2.04. The first-order valence-corrected chi connectivity index (χ1v) is 4.21. The molecule has 2 rings (SSSR count). The average molecular weight is 191 g/mol. The summed E-state index contributed by atoms with van der Waals surface area (Å²) in [5.74, 6) is 0.267. The maximum absolute atomic E-state index is 13.4. The Morgan fingerprint density at radius 1 is 1.43 bits per heavy atom. The number of rotatable bonds is 1. The van der Waals surface area contributed by atoms with E-state index in [9.17, 15) is 4.39 Å². The van der Waals surface area contributed by atoms with Crippen LogP contribution in [0, 0.1) is 5.82 Å². The van der Waals surface area contributed by atoms with Gasteiger partial charge in [0, 0.05) is 25.1 Å². The van der Waals surface area contributed by atoms with Crippen LogP contribution in [0.15, 0.2) is 30.6 Å². The Morgan fingerprint density at radius 2 is 2.21 bits per heavy atom. The monoisotopic (exact) mass is 191 g/mol. The number of hydrogen-bond acceptors (Lipinski definition) is 2. The van der Waals surface area contributed by atoms with Crippen molar-refractivity contribution in [1.82, 2.24) is 9.55 Å². The number of imidazole rings is 1. The van der Waals surface area contributed by atoms with Crippen LogP contribution in [0.25, 0.3) is 11.4 Å². The molecule has 0 aliphatic rings. The van der Waals surface area contributed by atoms with Crippen LogP contribution in [-0.2, 0) is 7.05 Å². The van der Waals surface area contributed by atoms with Gasteiger partial charge in [-0.05, 0) is 18.2 Å². The second kappa shape index (κ2) is 3.14. The summed E-state index contributed by atoms with van der Waals surface area (Å²) in [5, 5.41) is 0. The van der Waals surface area contributed by atoms with Crippen LogP contribution in [0.2, 0.25) is 0 Å². The van der Waals surface area contributed by atoms with Gasteiger partial charge in [0.25, 0.3) is 0 Å². The third kappa shape index (κ3) is 1.35. The molecular formula is C10H10FN3. The Balaban J connectivity index is 2.62. The van der Waals surface area contributed by atoms with Crippen molar-refractivity contribution in [3.8, 4) is 11.4 Å². The quantitative estimate of drug-likeness (QED) is 0.698. The smallest absolute Gasteiger partial charge is 0.142 e. The SMILES string of the molecule is Cn1ccnc1-c1cc(N)ccc1F. The molecule has 0 saturated carbocycles. The van der Waals surface area contributed by atoms with Crippen molar-refractivity contribution in [2.75, 3.05) is 5.73 Å². The molecule has 1 aromatic carbocycles. The van der Waals surface area contributed by atoms with Crippen molar-refractivity contribution in [3.63, 3.8) is 0 Å². The van der Waals surface area contributed by atoms with Crippen LogP contribution in [0.3, 0.4) is 0 Å². The molecule has 2 aromatic rings. The molecular weight excluding hydrogens is 181 g/mol. The first kappa shape index (κ1) is 8.74. The fourth-order valence-electron chi connectivity index (χ4n) is 1.34. The van der Waals surface area contributed by atoms with Crippen molar-refractivity contribution in [2.45, 2.75) is 0 Å². The Labute approximate surface area is 81.0 Å². The van der Waals surface area contributed by atoms with Gasteiger partial charge in [-0.3, -0.25) is 0 Å². The van der Waals surface area contributed by atoms with Crippen molar-refractivity contribution in [3.05, 3.63) is 36.4 Å². The van der Waals surface area contributed by atoms with Gasteiger partial charge in [0.2, 0.25) is 0 Å². The first-order valence-electron chi connectivity index (χ1n) is 4.21. The van der Waals surface area contributed by atoms with E-state index >= 15 is 0 Å². The summed E-state index contributed by atoms with van der Waals surface area (Å²) in [6.45, 7) is 0. The summed E-state index contributed by atoms with van der Waals surface area (Å²) in [4.78, 5) is 4.06. The van der Waals surface area contributed by atoms with E-state index in [0.29, 0.717) is 17.1 Å². The van der Waals surface area contributed by atoms with Crippen LogP contribution in [-0.4, -0.2) is 9.55 Å². The molecule has 0 atom stereocenters. The van der Waals surface area contributed by atoms with E-state index in [1.165, 1.54) is 12.1 Å². The topological polar surface area (TPSA) is 43.8 Å². The second-order valence-corrected chi connectivity index (χ2v) is 3.10. The van der Waals surface area contributed by atoms with Crippen molar-refractivity contribution in [1.29, 1.82) is 0 Å². The lowest BCUT2D eigenvalue weighted by atomic mass is 10.2. The van der Waals surface area contributed by atoms with Crippen LogP contribution >= 0.6 is 0 Å². The maximum atomic E-state index is 13.4. The van der Waals surface area contributed by atoms with Gasteiger partial charge in [-0.1, -0.05) is 0 Å². The van der Waals surface area contributed by atoms with Gasteiger partial charge in [-0.25, -0.2) is 9.37 Å².